The Balaban J connectivity index is -0.000000338. The highest BCUT2D eigenvalue weighted by molar-refractivity contribution is 5.27. The van der Waals surface area contributed by atoms with Gasteiger partial charge in [-0.1, -0.05) is 155 Å². The predicted octanol–water partition coefficient (Wildman–Crippen LogP) is 10.9. The molecule has 0 spiro atoms. The number of hydrogen-bond acceptors (Lipinski definition) is 0. The fourth-order valence-corrected chi connectivity index (χ4v) is 2.63. The molecule has 0 heteroatoms. The highest BCUT2D eigenvalue weighted by Crippen LogP contribution is 2.18. The molecule has 0 unspecified atom stereocenters. The molecule has 178 valence electrons. The molecule has 0 aromatic heterocycles. The Kier molecular flexibility index (Phi) is 26.7. The molecule has 0 fully saturated rings. The second-order valence-corrected chi connectivity index (χ2v) is 7.59. The van der Waals surface area contributed by atoms with Crippen LogP contribution in [0.2, 0.25) is 0 Å². The molecule has 0 saturated heterocycles. The summed E-state index contributed by atoms with van der Waals surface area (Å²) in [5.74, 6) is 2.12. The molecule has 0 saturated carbocycles. The van der Waals surface area contributed by atoms with Crippen molar-refractivity contribution in [2.45, 2.75) is 102 Å². The summed E-state index contributed by atoms with van der Waals surface area (Å²) in [7, 11) is 0. The van der Waals surface area contributed by atoms with E-state index in [-0.39, 0.29) is 0 Å². The summed E-state index contributed by atoms with van der Waals surface area (Å²) in [5.41, 5.74) is 4.47. The third-order valence-electron chi connectivity index (χ3n) is 4.47. The lowest BCUT2D eigenvalue weighted by molar-refractivity contribution is 0.753. The van der Waals surface area contributed by atoms with Gasteiger partial charge in [0.1, 0.15) is 0 Å². The van der Waals surface area contributed by atoms with E-state index in [0.717, 1.165) is 12.3 Å². The SMILES string of the molecule is CC.CC.CC.CC(C)C1=CC=CC1.CC(C)C1=CCC=C1.CC(C)c1ccccc1. The van der Waals surface area contributed by atoms with Gasteiger partial charge in [-0.2, -0.15) is 0 Å². The van der Waals surface area contributed by atoms with Crippen molar-refractivity contribution in [3.63, 3.8) is 0 Å². The van der Waals surface area contributed by atoms with Crippen molar-refractivity contribution in [3.8, 4) is 0 Å². The Morgan fingerprint density at radius 1 is 0.645 bits per heavy atom. The lowest BCUT2D eigenvalue weighted by atomic mass is 10.0. The Bertz CT molecular complexity index is 592. The van der Waals surface area contributed by atoms with Crippen LogP contribution in [0.15, 0.2) is 77.9 Å². The second-order valence-electron chi connectivity index (χ2n) is 7.59. The van der Waals surface area contributed by atoms with Crippen LogP contribution in [0, 0.1) is 11.8 Å². The van der Waals surface area contributed by atoms with Gasteiger partial charge in [0, 0.05) is 0 Å². The number of hydrogen-bond donors (Lipinski definition) is 0. The minimum absolute atomic E-state index is 0.659. The van der Waals surface area contributed by atoms with Crippen LogP contribution in [0.3, 0.4) is 0 Å². The van der Waals surface area contributed by atoms with Crippen LogP contribution < -0.4 is 0 Å². The van der Waals surface area contributed by atoms with E-state index in [1.807, 2.05) is 47.6 Å². The molecule has 2 aliphatic rings. The summed E-state index contributed by atoms with van der Waals surface area (Å²) in [6.07, 6.45) is 15.6. The maximum atomic E-state index is 2.28. The highest BCUT2D eigenvalue weighted by atomic mass is 14.1. The molecular formula is C31H54. The highest BCUT2D eigenvalue weighted by Gasteiger charge is 2.02. The molecule has 3 rings (SSSR count). The lowest BCUT2D eigenvalue weighted by Gasteiger charge is -2.02. The molecule has 0 bridgehead atoms. The smallest absolute Gasteiger partial charge is 0.0130 e. The molecule has 31 heavy (non-hydrogen) atoms. The van der Waals surface area contributed by atoms with Crippen LogP contribution in [0.5, 0.6) is 0 Å². The first-order valence-electron chi connectivity index (χ1n) is 12.7. The van der Waals surface area contributed by atoms with E-state index in [1.165, 1.54) is 17.6 Å². The average molecular weight is 427 g/mol. The van der Waals surface area contributed by atoms with E-state index >= 15 is 0 Å². The second kappa shape index (κ2) is 24.4. The number of rotatable bonds is 3. The molecule has 0 radical (unpaired) electrons. The third-order valence-corrected chi connectivity index (χ3v) is 4.47. The zero-order valence-electron chi connectivity index (χ0n) is 23.0. The van der Waals surface area contributed by atoms with Gasteiger partial charge in [-0.05, 0) is 41.7 Å². The quantitative estimate of drug-likeness (QED) is 0.450. The van der Waals surface area contributed by atoms with Crippen molar-refractivity contribution < 1.29 is 0 Å². The molecule has 0 heterocycles. The Morgan fingerprint density at radius 3 is 1.42 bits per heavy atom. The summed E-state index contributed by atoms with van der Waals surface area (Å²) < 4.78 is 0. The van der Waals surface area contributed by atoms with Gasteiger partial charge in [0.05, 0.1) is 0 Å². The van der Waals surface area contributed by atoms with Crippen LogP contribution in [0.25, 0.3) is 0 Å². The van der Waals surface area contributed by atoms with Crippen LogP contribution in [-0.2, 0) is 0 Å². The fourth-order valence-electron chi connectivity index (χ4n) is 2.63. The van der Waals surface area contributed by atoms with E-state index in [2.05, 4.69) is 102 Å². The Morgan fingerprint density at radius 2 is 1.19 bits per heavy atom. The van der Waals surface area contributed by atoms with Crippen molar-refractivity contribution in [1.82, 2.24) is 0 Å². The zero-order chi connectivity index (χ0) is 24.7. The van der Waals surface area contributed by atoms with Crippen LogP contribution >= 0.6 is 0 Å². The van der Waals surface area contributed by atoms with Crippen molar-refractivity contribution >= 4 is 0 Å². The van der Waals surface area contributed by atoms with Crippen molar-refractivity contribution in [2.75, 3.05) is 0 Å². The standard InChI is InChI=1S/C9H12.2C8H12.3C2H6/c1-8(2)9-6-4-3-5-7-9;2*1-7(2)8-5-3-4-6-8;3*1-2/h3-8H,1-2H3;3,5-7H,4H2,1-2H3;3-5,7H,6H2,1-2H3;3*1-2H3. The van der Waals surface area contributed by atoms with Gasteiger partial charge < -0.3 is 0 Å². The lowest BCUT2D eigenvalue weighted by Crippen LogP contribution is -1.88. The largest absolute Gasteiger partial charge is 0.0805 e. The first-order chi connectivity index (χ1) is 14.9. The van der Waals surface area contributed by atoms with Crippen LogP contribution in [-0.4, -0.2) is 0 Å². The summed E-state index contributed by atoms with van der Waals surface area (Å²) in [6, 6.07) is 10.5. The molecule has 1 aromatic carbocycles. The van der Waals surface area contributed by atoms with E-state index < -0.39 is 0 Å². The van der Waals surface area contributed by atoms with Crippen LogP contribution in [0.1, 0.15) is 107 Å². The molecule has 0 N–H and O–H groups in total. The third kappa shape index (κ3) is 18.7. The Labute approximate surface area is 197 Å². The van der Waals surface area contributed by atoms with Gasteiger partial charge in [-0.25, -0.2) is 0 Å². The van der Waals surface area contributed by atoms with Gasteiger partial charge in [-0.15, -0.1) is 0 Å². The molecule has 1 aromatic rings. The van der Waals surface area contributed by atoms with E-state index in [9.17, 15) is 0 Å². The fraction of sp³-hybridized carbons (Fsp3) is 0.548. The first kappa shape index (κ1) is 33.8. The van der Waals surface area contributed by atoms with Crippen molar-refractivity contribution in [1.29, 1.82) is 0 Å². The molecule has 0 atom stereocenters. The molecule has 0 aliphatic heterocycles. The summed E-state index contributed by atoms with van der Waals surface area (Å²) >= 11 is 0. The van der Waals surface area contributed by atoms with Crippen LogP contribution in [0.4, 0.5) is 0 Å². The monoisotopic (exact) mass is 426 g/mol. The number of benzene rings is 1. The van der Waals surface area contributed by atoms with Gasteiger partial charge in [0.2, 0.25) is 0 Å². The maximum absolute atomic E-state index is 2.28. The minimum atomic E-state index is 0.659. The summed E-state index contributed by atoms with van der Waals surface area (Å²) in [5, 5.41) is 0. The summed E-state index contributed by atoms with van der Waals surface area (Å²) in [6.45, 7) is 25.3. The predicted molar refractivity (Wildman–Crippen MR) is 148 cm³/mol. The van der Waals surface area contributed by atoms with Gasteiger partial charge >= 0.3 is 0 Å². The van der Waals surface area contributed by atoms with E-state index in [1.54, 1.807) is 5.57 Å². The van der Waals surface area contributed by atoms with E-state index in [4.69, 9.17) is 0 Å². The van der Waals surface area contributed by atoms with Crippen molar-refractivity contribution in [2.24, 2.45) is 11.8 Å². The maximum Gasteiger partial charge on any atom is -0.0130 e. The molecule has 0 amide bonds. The number of allylic oxidation sites excluding steroid dienone is 8. The Hall–Kier alpha value is -1.82. The first-order valence-corrected chi connectivity index (χ1v) is 12.7. The minimum Gasteiger partial charge on any atom is -0.0805 e. The molecule has 2 aliphatic carbocycles. The van der Waals surface area contributed by atoms with Gasteiger partial charge in [0.15, 0.2) is 0 Å². The molecule has 0 nitrogen and oxygen atoms in total. The normalized spacial score (nSPS) is 12.6. The molecular weight excluding hydrogens is 372 g/mol. The summed E-state index contributed by atoms with van der Waals surface area (Å²) in [4.78, 5) is 0. The topological polar surface area (TPSA) is 0 Å². The van der Waals surface area contributed by atoms with Gasteiger partial charge in [-0.3, -0.25) is 0 Å². The van der Waals surface area contributed by atoms with E-state index in [0.29, 0.717) is 11.8 Å². The van der Waals surface area contributed by atoms with Crippen molar-refractivity contribution in [3.05, 3.63) is 83.5 Å². The van der Waals surface area contributed by atoms with Gasteiger partial charge in [0.25, 0.3) is 0 Å². The average Bonchev–Trinajstić information content (AvgIpc) is 3.54. The zero-order valence-corrected chi connectivity index (χ0v) is 23.0.